The molecule has 0 aliphatic carbocycles. The lowest BCUT2D eigenvalue weighted by molar-refractivity contribution is 0.432. The van der Waals surface area contributed by atoms with Gasteiger partial charge in [0.05, 0.1) is 11.8 Å². The second-order valence-corrected chi connectivity index (χ2v) is 3.75. The minimum atomic E-state index is -0.427. The van der Waals surface area contributed by atoms with Gasteiger partial charge in [0, 0.05) is 18.1 Å². The van der Waals surface area contributed by atoms with E-state index in [2.05, 4.69) is 20.1 Å². The molecule has 0 unspecified atom stereocenters. The molecule has 0 saturated heterocycles. The van der Waals surface area contributed by atoms with Gasteiger partial charge >= 0.3 is 0 Å². The molecule has 3 aromatic rings. The van der Waals surface area contributed by atoms with Crippen LogP contribution in [0.1, 0.15) is 0 Å². The highest BCUT2D eigenvalue weighted by Gasteiger charge is 2.14. The number of hydrogen-bond donors (Lipinski definition) is 1. The van der Waals surface area contributed by atoms with Crippen molar-refractivity contribution < 1.29 is 8.91 Å². The third kappa shape index (κ3) is 2.13. The highest BCUT2D eigenvalue weighted by molar-refractivity contribution is 5.71. The van der Waals surface area contributed by atoms with Gasteiger partial charge in [-0.2, -0.15) is 4.98 Å². The van der Waals surface area contributed by atoms with Gasteiger partial charge in [-0.05, 0) is 18.2 Å². The second-order valence-electron chi connectivity index (χ2n) is 3.75. The molecular formula is C12H8FN5O. The van der Waals surface area contributed by atoms with Gasteiger partial charge in [0.25, 0.3) is 5.89 Å². The lowest BCUT2D eigenvalue weighted by atomic mass is 10.2. The summed E-state index contributed by atoms with van der Waals surface area (Å²) in [5.74, 6) is -0.0205. The number of nitrogens with zero attached hydrogens (tertiary/aromatic N) is 4. The van der Waals surface area contributed by atoms with E-state index in [1.165, 1.54) is 36.8 Å². The molecule has 1 aromatic carbocycles. The van der Waals surface area contributed by atoms with Crippen LogP contribution in [0.15, 0.2) is 41.3 Å². The molecule has 0 aliphatic heterocycles. The van der Waals surface area contributed by atoms with Crippen LogP contribution in [0.25, 0.3) is 23.0 Å². The van der Waals surface area contributed by atoms with Crippen LogP contribution in [0.5, 0.6) is 0 Å². The monoisotopic (exact) mass is 257 g/mol. The average molecular weight is 257 g/mol. The molecule has 2 aromatic heterocycles. The quantitative estimate of drug-likeness (QED) is 0.705. The van der Waals surface area contributed by atoms with Crippen molar-refractivity contribution in [3.8, 4) is 23.0 Å². The van der Waals surface area contributed by atoms with Crippen LogP contribution < -0.4 is 5.73 Å². The maximum absolute atomic E-state index is 13.2. The third-order valence-corrected chi connectivity index (χ3v) is 2.46. The van der Waals surface area contributed by atoms with Gasteiger partial charge in [0.2, 0.25) is 5.82 Å². The molecule has 2 heterocycles. The zero-order valence-corrected chi connectivity index (χ0v) is 9.62. The van der Waals surface area contributed by atoms with Gasteiger partial charge in [-0.15, -0.1) is 0 Å². The molecule has 7 heteroatoms. The van der Waals surface area contributed by atoms with E-state index in [9.17, 15) is 4.39 Å². The van der Waals surface area contributed by atoms with Crippen LogP contribution in [-0.4, -0.2) is 20.1 Å². The summed E-state index contributed by atoms with van der Waals surface area (Å²) in [6, 6.07) is 3.94. The number of anilines is 1. The highest BCUT2D eigenvalue weighted by Crippen LogP contribution is 2.26. The summed E-state index contributed by atoms with van der Waals surface area (Å²) >= 11 is 0. The minimum Gasteiger partial charge on any atom is -0.398 e. The molecule has 0 bridgehead atoms. The van der Waals surface area contributed by atoms with Crippen LogP contribution in [0.3, 0.4) is 0 Å². The Hall–Kier alpha value is -2.83. The molecule has 0 atom stereocenters. The van der Waals surface area contributed by atoms with Crippen LogP contribution >= 0.6 is 0 Å². The summed E-state index contributed by atoms with van der Waals surface area (Å²) in [6.45, 7) is 0. The lowest BCUT2D eigenvalue weighted by Gasteiger charge is -1.99. The number of nitrogen functional groups attached to an aromatic ring is 1. The number of hydrogen-bond acceptors (Lipinski definition) is 6. The summed E-state index contributed by atoms with van der Waals surface area (Å²) in [7, 11) is 0. The summed E-state index contributed by atoms with van der Waals surface area (Å²) in [6.07, 6.45) is 4.56. The fraction of sp³-hybridized carbons (Fsp3) is 0. The molecule has 0 aliphatic rings. The van der Waals surface area contributed by atoms with E-state index in [0.717, 1.165) is 0 Å². The van der Waals surface area contributed by atoms with Crippen molar-refractivity contribution in [1.82, 2.24) is 20.1 Å². The Labute approximate surface area is 107 Å². The first-order valence-corrected chi connectivity index (χ1v) is 5.39. The molecule has 6 nitrogen and oxygen atoms in total. The summed E-state index contributed by atoms with van der Waals surface area (Å²) in [4.78, 5) is 12.1. The van der Waals surface area contributed by atoms with E-state index in [0.29, 0.717) is 16.9 Å². The fourth-order valence-electron chi connectivity index (χ4n) is 1.57. The molecular weight excluding hydrogens is 249 g/mol. The van der Waals surface area contributed by atoms with E-state index in [4.69, 9.17) is 10.3 Å². The molecule has 0 amide bonds. The summed E-state index contributed by atoms with van der Waals surface area (Å²) in [5, 5.41) is 3.77. The van der Waals surface area contributed by atoms with Crippen molar-refractivity contribution in [1.29, 1.82) is 0 Å². The van der Waals surface area contributed by atoms with E-state index in [1.54, 1.807) is 0 Å². The van der Waals surface area contributed by atoms with Gasteiger partial charge in [-0.3, -0.25) is 4.98 Å². The number of benzene rings is 1. The molecule has 0 spiro atoms. The van der Waals surface area contributed by atoms with Gasteiger partial charge in [0.1, 0.15) is 11.5 Å². The molecule has 0 saturated carbocycles. The smallest absolute Gasteiger partial charge is 0.260 e. The van der Waals surface area contributed by atoms with E-state index < -0.39 is 5.82 Å². The Balaban J connectivity index is 2.04. The first-order chi connectivity index (χ1) is 9.24. The van der Waals surface area contributed by atoms with Crippen molar-refractivity contribution in [2.24, 2.45) is 0 Å². The predicted octanol–water partition coefficient (Wildman–Crippen LogP) is 1.91. The van der Waals surface area contributed by atoms with Crippen LogP contribution in [0, 0.1) is 5.82 Å². The Kier molecular flexibility index (Phi) is 2.64. The Morgan fingerprint density at radius 3 is 2.89 bits per heavy atom. The van der Waals surface area contributed by atoms with Crippen molar-refractivity contribution in [2.45, 2.75) is 0 Å². The fourth-order valence-corrected chi connectivity index (χ4v) is 1.57. The molecule has 0 radical (unpaired) electrons. The van der Waals surface area contributed by atoms with Gasteiger partial charge < -0.3 is 10.3 Å². The van der Waals surface area contributed by atoms with E-state index in [-0.39, 0.29) is 11.7 Å². The first kappa shape index (κ1) is 11.3. The standard InChI is InChI=1S/C12H8FN5O/c13-7-1-2-9(14)8(5-7)12-17-11(18-19-12)10-6-15-3-4-16-10/h1-6H,14H2. The normalized spacial score (nSPS) is 10.6. The van der Waals surface area contributed by atoms with E-state index >= 15 is 0 Å². The van der Waals surface area contributed by atoms with Gasteiger partial charge in [-0.1, -0.05) is 5.16 Å². The molecule has 19 heavy (non-hydrogen) atoms. The third-order valence-electron chi connectivity index (χ3n) is 2.46. The maximum atomic E-state index is 13.2. The predicted molar refractivity (Wildman–Crippen MR) is 65.1 cm³/mol. The number of nitrogens with two attached hydrogens (primary N) is 1. The maximum Gasteiger partial charge on any atom is 0.260 e. The van der Waals surface area contributed by atoms with Crippen molar-refractivity contribution >= 4 is 5.69 Å². The number of aromatic nitrogens is 4. The van der Waals surface area contributed by atoms with E-state index in [1.807, 2.05) is 0 Å². The van der Waals surface area contributed by atoms with Crippen LogP contribution in [-0.2, 0) is 0 Å². The SMILES string of the molecule is Nc1ccc(F)cc1-c1nc(-c2cnccn2)no1. The average Bonchev–Trinajstić information content (AvgIpc) is 2.92. The van der Waals surface area contributed by atoms with Crippen LogP contribution in [0.4, 0.5) is 10.1 Å². The second kappa shape index (κ2) is 4.45. The Bertz CT molecular complexity index is 713. The number of rotatable bonds is 2. The molecule has 94 valence electrons. The Morgan fingerprint density at radius 1 is 1.21 bits per heavy atom. The first-order valence-electron chi connectivity index (χ1n) is 5.39. The number of halogens is 1. The molecule has 3 rings (SSSR count). The van der Waals surface area contributed by atoms with Gasteiger partial charge in [-0.25, -0.2) is 9.37 Å². The Morgan fingerprint density at radius 2 is 2.11 bits per heavy atom. The van der Waals surface area contributed by atoms with Crippen molar-refractivity contribution in [2.75, 3.05) is 5.73 Å². The zero-order valence-electron chi connectivity index (χ0n) is 9.62. The van der Waals surface area contributed by atoms with Gasteiger partial charge in [0.15, 0.2) is 0 Å². The topological polar surface area (TPSA) is 90.7 Å². The summed E-state index contributed by atoms with van der Waals surface area (Å²) < 4.78 is 18.3. The highest BCUT2D eigenvalue weighted by atomic mass is 19.1. The zero-order chi connectivity index (χ0) is 13.2. The van der Waals surface area contributed by atoms with Crippen molar-refractivity contribution in [3.63, 3.8) is 0 Å². The molecule has 0 fully saturated rings. The largest absolute Gasteiger partial charge is 0.398 e. The molecule has 2 N–H and O–H groups in total. The minimum absolute atomic E-state index is 0.137. The summed E-state index contributed by atoms with van der Waals surface area (Å²) in [5.41, 5.74) is 6.92. The van der Waals surface area contributed by atoms with Crippen LogP contribution in [0.2, 0.25) is 0 Å². The lowest BCUT2D eigenvalue weighted by Crippen LogP contribution is -1.91. The van der Waals surface area contributed by atoms with Crippen molar-refractivity contribution in [3.05, 3.63) is 42.6 Å².